The van der Waals surface area contributed by atoms with Crippen molar-refractivity contribution in [2.24, 2.45) is 0 Å². The minimum atomic E-state index is 0.352. The molecule has 0 saturated carbocycles. The molecule has 6 heteroatoms. The Morgan fingerprint density at radius 1 is 1.47 bits per heavy atom. The fraction of sp³-hybridized carbons (Fsp3) is 0.333. The molecule has 1 aliphatic heterocycles. The zero-order valence-corrected chi connectivity index (χ0v) is 9.14. The van der Waals surface area contributed by atoms with E-state index in [1.165, 1.54) is 5.56 Å². The van der Waals surface area contributed by atoms with Gasteiger partial charge in [-0.15, -0.1) is 11.8 Å². The zero-order chi connectivity index (χ0) is 10.8. The van der Waals surface area contributed by atoms with Gasteiger partial charge in [-0.3, -0.25) is 0 Å². The van der Waals surface area contributed by atoms with Gasteiger partial charge in [0.1, 0.15) is 10.7 Å². The number of anilines is 1. The van der Waals surface area contributed by atoms with E-state index >= 15 is 0 Å². The highest BCUT2D eigenvalue weighted by Gasteiger charge is 2.16. The number of nitrogens with two attached hydrogens (primary N) is 1. The van der Waals surface area contributed by atoms with E-state index in [2.05, 4.69) is 15.0 Å². The number of aromatic amines is 1. The van der Waals surface area contributed by atoms with Gasteiger partial charge in [0.05, 0.1) is 5.39 Å². The van der Waals surface area contributed by atoms with Gasteiger partial charge in [-0.25, -0.2) is 4.98 Å². The Hall–Kier alpha value is -1.27. The summed E-state index contributed by atoms with van der Waals surface area (Å²) in [6.45, 7) is 0. The Morgan fingerprint density at radius 3 is 3.07 bits per heavy atom. The highest BCUT2D eigenvalue weighted by atomic mass is 32.2. The summed E-state index contributed by atoms with van der Waals surface area (Å²) in [7, 11) is 1.00. The Labute approximate surface area is 91.1 Å². The fourth-order valence-electron chi connectivity index (χ4n) is 1.64. The van der Waals surface area contributed by atoms with Crippen molar-refractivity contribution in [2.45, 2.75) is 11.4 Å². The van der Waals surface area contributed by atoms with Crippen LogP contribution < -0.4 is 5.73 Å². The molecule has 15 heavy (non-hydrogen) atoms. The molecule has 1 aliphatic rings. The summed E-state index contributed by atoms with van der Waals surface area (Å²) >= 11 is 1.75. The molecule has 3 heterocycles. The van der Waals surface area contributed by atoms with E-state index in [9.17, 15) is 0 Å². The fourth-order valence-corrected chi connectivity index (χ4v) is 2.68. The van der Waals surface area contributed by atoms with Gasteiger partial charge in [-0.1, -0.05) is 0 Å². The summed E-state index contributed by atoms with van der Waals surface area (Å²) < 4.78 is 0. The molecule has 0 aromatic carbocycles. The van der Waals surface area contributed by atoms with Crippen molar-refractivity contribution < 1.29 is 5.11 Å². The molecule has 0 aliphatic carbocycles. The Kier molecular flexibility index (Phi) is 2.79. The summed E-state index contributed by atoms with van der Waals surface area (Å²) in [6, 6.07) is 0. The minimum Gasteiger partial charge on any atom is -0.400 e. The van der Waals surface area contributed by atoms with Gasteiger partial charge in [0.15, 0.2) is 0 Å². The number of hydrogen-bond acceptors (Lipinski definition) is 5. The van der Waals surface area contributed by atoms with Crippen molar-refractivity contribution >= 4 is 28.7 Å². The Balaban J connectivity index is 0.000000404. The number of thioether (sulfide) groups is 1. The molecule has 0 spiro atoms. The third kappa shape index (κ3) is 1.66. The topological polar surface area (TPSA) is 87.8 Å². The van der Waals surface area contributed by atoms with Crippen molar-refractivity contribution in [1.82, 2.24) is 15.0 Å². The van der Waals surface area contributed by atoms with E-state index in [1.54, 1.807) is 11.8 Å². The van der Waals surface area contributed by atoms with Crippen LogP contribution in [-0.2, 0) is 6.42 Å². The van der Waals surface area contributed by atoms with E-state index < -0.39 is 0 Å². The quantitative estimate of drug-likeness (QED) is 0.576. The van der Waals surface area contributed by atoms with E-state index in [0.29, 0.717) is 5.95 Å². The minimum absolute atomic E-state index is 0.352. The van der Waals surface area contributed by atoms with E-state index in [1.807, 2.05) is 6.20 Å². The second kappa shape index (κ2) is 4.08. The number of aliphatic hydroxyl groups is 1. The number of aromatic nitrogens is 3. The molecule has 3 rings (SSSR count). The molecule has 0 amide bonds. The van der Waals surface area contributed by atoms with Crippen LogP contribution in [0.4, 0.5) is 5.95 Å². The first kappa shape index (κ1) is 10.3. The first-order chi connectivity index (χ1) is 7.34. The van der Waals surface area contributed by atoms with Gasteiger partial charge < -0.3 is 15.8 Å². The van der Waals surface area contributed by atoms with Crippen molar-refractivity contribution in [3.05, 3.63) is 11.8 Å². The van der Waals surface area contributed by atoms with Gasteiger partial charge in [-0.05, 0) is 12.0 Å². The molecule has 0 atom stereocenters. The lowest BCUT2D eigenvalue weighted by atomic mass is 10.2. The van der Waals surface area contributed by atoms with E-state index in [4.69, 9.17) is 10.8 Å². The largest absolute Gasteiger partial charge is 0.400 e. The highest BCUT2D eigenvalue weighted by Crippen LogP contribution is 2.33. The standard InChI is InChI=1S/C8H8N4S.CH4O/c9-8-11-6-5-4(3-10-6)1-2-13-7(5)12-8;1-2/h3H,1-2H2,(H3,9,10,11,12);2H,1H3. The van der Waals surface area contributed by atoms with Crippen molar-refractivity contribution in [3.63, 3.8) is 0 Å². The molecule has 0 unspecified atom stereocenters. The molecule has 0 saturated heterocycles. The summed E-state index contributed by atoms with van der Waals surface area (Å²) in [5, 5.41) is 9.18. The third-order valence-electron chi connectivity index (χ3n) is 2.21. The van der Waals surface area contributed by atoms with Crippen LogP contribution in [0.1, 0.15) is 5.56 Å². The second-order valence-corrected chi connectivity index (χ2v) is 4.11. The van der Waals surface area contributed by atoms with Crippen molar-refractivity contribution in [2.75, 3.05) is 18.6 Å². The maximum Gasteiger partial charge on any atom is 0.223 e. The van der Waals surface area contributed by atoms with Crippen LogP contribution in [-0.4, -0.2) is 32.9 Å². The Morgan fingerprint density at radius 2 is 2.27 bits per heavy atom. The molecule has 2 aromatic rings. The van der Waals surface area contributed by atoms with Crippen LogP contribution >= 0.6 is 11.8 Å². The molecular formula is C9H12N4OS. The van der Waals surface area contributed by atoms with Crippen LogP contribution in [0.15, 0.2) is 11.2 Å². The van der Waals surface area contributed by atoms with Crippen LogP contribution in [0.25, 0.3) is 11.0 Å². The number of H-pyrrole nitrogens is 1. The smallest absolute Gasteiger partial charge is 0.223 e. The number of nitrogens with zero attached hydrogens (tertiary/aromatic N) is 2. The van der Waals surface area contributed by atoms with Gasteiger partial charge in [0.2, 0.25) is 5.95 Å². The van der Waals surface area contributed by atoms with Gasteiger partial charge >= 0.3 is 0 Å². The normalized spacial score (nSPS) is 13.5. The lowest BCUT2D eigenvalue weighted by Crippen LogP contribution is -2.01. The van der Waals surface area contributed by atoms with E-state index in [0.717, 1.165) is 35.3 Å². The monoisotopic (exact) mass is 224 g/mol. The van der Waals surface area contributed by atoms with Gasteiger partial charge in [0.25, 0.3) is 0 Å². The van der Waals surface area contributed by atoms with Crippen LogP contribution in [0.5, 0.6) is 0 Å². The maximum atomic E-state index is 7.00. The summed E-state index contributed by atoms with van der Waals surface area (Å²) in [4.78, 5) is 11.5. The average Bonchev–Trinajstić information content (AvgIpc) is 2.66. The molecule has 0 radical (unpaired) electrons. The first-order valence-electron chi connectivity index (χ1n) is 4.55. The number of nitrogen functional groups attached to an aromatic ring is 1. The zero-order valence-electron chi connectivity index (χ0n) is 8.32. The number of aliphatic hydroxyl groups excluding tert-OH is 1. The van der Waals surface area contributed by atoms with Gasteiger partial charge in [0, 0.05) is 19.1 Å². The molecule has 4 N–H and O–H groups in total. The van der Waals surface area contributed by atoms with Gasteiger partial charge in [-0.2, -0.15) is 4.98 Å². The number of rotatable bonds is 0. The maximum absolute atomic E-state index is 7.00. The van der Waals surface area contributed by atoms with Crippen LogP contribution in [0.2, 0.25) is 0 Å². The summed E-state index contributed by atoms with van der Waals surface area (Å²) in [6.07, 6.45) is 3.09. The summed E-state index contributed by atoms with van der Waals surface area (Å²) in [5.41, 5.74) is 7.75. The molecule has 0 fully saturated rings. The van der Waals surface area contributed by atoms with Crippen LogP contribution in [0, 0.1) is 0 Å². The van der Waals surface area contributed by atoms with E-state index in [-0.39, 0.29) is 0 Å². The SMILES string of the molecule is CO.Nc1nc2c3c(c[nH]c3n1)CCS2. The molecule has 5 nitrogen and oxygen atoms in total. The van der Waals surface area contributed by atoms with Crippen LogP contribution in [0.3, 0.4) is 0 Å². The predicted molar refractivity (Wildman–Crippen MR) is 60.9 cm³/mol. The predicted octanol–water partition coefficient (Wildman–Crippen LogP) is 0.797. The van der Waals surface area contributed by atoms with Crippen molar-refractivity contribution in [1.29, 1.82) is 0 Å². The lowest BCUT2D eigenvalue weighted by molar-refractivity contribution is 0.399. The molecular weight excluding hydrogens is 212 g/mol. The number of aryl methyl sites for hydroxylation is 1. The van der Waals surface area contributed by atoms with Crippen molar-refractivity contribution in [3.8, 4) is 0 Å². The molecule has 80 valence electrons. The molecule has 2 aromatic heterocycles. The average molecular weight is 224 g/mol. The third-order valence-corrected chi connectivity index (χ3v) is 3.18. The Bertz CT molecular complexity index is 482. The number of hydrogen-bond donors (Lipinski definition) is 3. The number of nitrogens with one attached hydrogen (secondary N) is 1. The highest BCUT2D eigenvalue weighted by molar-refractivity contribution is 7.99. The first-order valence-corrected chi connectivity index (χ1v) is 5.54. The molecule has 0 bridgehead atoms. The lowest BCUT2D eigenvalue weighted by Gasteiger charge is -2.09. The second-order valence-electron chi connectivity index (χ2n) is 3.02. The summed E-state index contributed by atoms with van der Waals surface area (Å²) in [5.74, 6) is 1.43.